The molecule has 0 fully saturated rings. The molecule has 0 aliphatic rings. The van der Waals surface area contributed by atoms with Gasteiger partial charge in [0.05, 0.1) is 0 Å². The first-order valence-corrected chi connectivity index (χ1v) is 0. The Balaban J connectivity index is 0. The van der Waals surface area contributed by atoms with Crippen molar-refractivity contribution in [3.63, 3.8) is 0 Å². The van der Waals surface area contributed by atoms with E-state index >= 15 is 0 Å². The Labute approximate surface area is 53.6 Å². The minimum Gasteiger partial charge on any atom is -0.412 e. The summed E-state index contributed by atoms with van der Waals surface area (Å²) in [7, 11) is 0. The van der Waals surface area contributed by atoms with Gasteiger partial charge in [0.15, 0.2) is 17.4 Å². The molecule has 0 unspecified atom stereocenters. The summed E-state index contributed by atoms with van der Waals surface area (Å²) in [4.78, 5) is 0. The number of hydrogen-bond donors (Lipinski definition) is 0. The van der Waals surface area contributed by atoms with E-state index in [1.807, 2.05) is 0 Å². The molecule has 0 spiro atoms. The Morgan fingerprint density at radius 3 is 0.600 bits per heavy atom. The third-order valence-corrected chi connectivity index (χ3v) is 0. The topological polar surface area (TPSA) is 94.5 Å². The largest absolute Gasteiger partial charge is 0.412 e. The van der Waals surface area contributed by atoms with Gasteiger partial charge in [0.2, 0.25) is 0 Å². The zero-order valence-corrected chi connectivity index (χ0v) is 3.59. The molecule has 5 heavy (non-hydrogen) atoms. The average molecular weight is 185 g/mol. The van der Waals surface area contributed by atoms with E-state index < -0.39 is 0 Å². The van der Waals surface area contributed by atoms with Gasteiger partial charge in [0.1, 0.15) is 0 Å². The molecule has 0 atom stereocenters. The van der Waals surface area contributed by atoms with E-state index in [9.17, 15) is 0 Å². The van der Waals surface area contributed by atoms with Crippen LogP contribution in [0.1, 0.15) is 0 Å². The molecule has 0 bridgehead atoms. The van der Waals surface area contributed by atoms with Crippen molar-refractivity contribution >= 4 is 17.4 Å². The van der Waals surface area contributed by atoms with Gasteiger partial charge in [-0.25, -0.2) is 0 Å². The van der Waals surface area contributed by atoms with Crippen molar-refractivity contribution < 1.29 is 35.9 Å². The van der Waals surface area contributed by atoms with Crippen molar-refractivity contribution in [3.8, 4) is 0 Å². The molecule has 0 saturated heterocycles. The van der Waals surface area contributed by atoms with Gasteiger partial charge < -0.3 is 16.4 Å². The van der Waals surface area contributed by atoms with Gasteiger partial charge in [-0.15, -0.1) is 0 Å². The Morgan fingerprint density at radius 1 is 0.600 bits per heavy atom. The predicted octanol–water partition coefficient (Wildman–Crippen LogP) is -3.66. The monoisotopic (exact) mass is 186 g/mol. The predicted molar refractivity (Wildman–Crippen MR) is 20.8 cm³/mol. The summed E-state index contributed by atoms with van der Waals surface area (Å²) in [5.41, 5.74) is 0. The van der Waals surface area contributed by atoms with Crippen LogP contribution in [-0.2, 0) is 19.5 Å². The SMILES string of the molecule is O.O.O.[AlH3].[Ru]. The Morgan fingerprint density at radius 2 is 0.600 bits per heavy atom. The maximum Gasteiger partial charge on any atom is 0.187 e. The molecule has 0 aliphatic carbocycles. The van der Waals surface area contributed by atoms with Crippen LogP contribution in [0.5, 0.6) is 0 Å². The Hall–Kier alpha value is 1.04. The maximum absolute atomic E-state index is 0. The molecule has 0 rings (SSSR count). The van der Waals surface area contributed by atoms with E-state index in [0.717, 1.165) is 0 Å². The van der Waals surface area contributed by atoms with E-state index in [-0.39, 0.29) is 53.3 Å². The number of hydrogen-bond acceptors (Lipinski definition) is 0. The molecule has 0 aliphatic heterocycles. The standard InChI is InChI=1S/Al.3H2O.Ru.3H/h;3*1H2;;;;. The van der Waals surface area contributed by atoms with Gasteiger partial charge in [-0.1, -0.05) is 0 Å². The Bertz CT molecular complexity index is 6.85. The van der Waals surface area contributed by atoms with Crippen LogP contribution in [0.3, 0.4) is 0 Å². The van der Waals surface area contributed by atoms with Crippen molar-refractivity contribution in [2.75, 3.05) is 0 Å². The first-order valence-electron chi connectivity index (χ1n) is 0. The van der Waals surface area contributed by atoms with Crippen molar-refractivity contribution in [2.45, 2.75) is 0 Å². The van der Waals surface area contributed by atoms with Crippen LogP contribution in [0.15, 0.2) is 0 Å². The molecule has 0 aromatic rings. The summed E-state index contributed by atoms with van der Waals surface area (Å²) in [5, 5.41) is 0. The number of rotatable bonds is 0. The molecule has 0 radical (unpaired) electrons. The van der Waals surface area contributed by atoms with Gasteiger partial charge in [-0.2, -0.15) is 0 Å². The molecule has 0 aromatic carbocycles. The third-order valence-electron chi connectivity index (χ3n) is 0. The van der Waals surface area contributed by atoms with Gasteiger partial charge in [0.25, 0.3) is 0 Å². The van der Waals surface area contributed by atoms with Crippen LogP contribution in [0, 0.1) is 0 Å². The smallest absolute Gasteiger partial charge is 0.187 e. The average Bonchev–Trinajstić information content (AvgIpc) is 0. The summed E-state index contributed by atoms with van der Waals surface area (Å²) in [6.45, 7) is 0. The van der Waals surface area contributed by atoms with Gasteiger partial charge in [-0.3, -0.25) is 0 Å². The van der Waals surface area contributed by atoms with Crippen LogP contribution in [0.25, 0.3) is 0 Å². The van der Waals surface area contributed by atoms with Crippen LogP contribution in [0.2, 0.25) is 0 Å². The molecular weight excluding hydrogens is 176 g/mol. The molecule has 0 saturated carbocycles. The van der Waals surface area contributed by atoms with Gasteiger partial charge in [0, 0.05) is 19.5 Å². The molecule has 0 heterocycles. The summed E-state index contributed by atoms with van der Waals surface area (Å²) in [5.74, 6) is 0. The third kappa shape index (κ3) is 43.3. The Kier molecular flexibility index (Phi) is 2180. The molecule has 0 aromatic heterocycles. The minimum absolute atomic E-state index is 0. The second-order valence-corrected chi connectivity index (χ2v) is 0. The van der Waals surface area contributed by atoms with Crippen LogP contribution in [-0.4, -0.2) is 33.8 Å². The maximum atomic E-state index is 0. The second kappa shape index (κ2) is 76.4. The normalized spacial score (nSPS) is 0. The molecule has 0 amide bonds. The minimum atomic E-state index is 0. The molecular formula is H9AlO3Ru. The van der Waals surface area contributed by atoms with Crippen molar-refractivity contribution in [1.29, 1.82) is 0 Å². The second-order valence-electron chi connectivity index (χ2n) is 0. The van der Waals surface area contributed by atoms with Crippen molar-refractivity contribution in [1.82, 2.24) is 0 Å². The van der Waals surface area contributed by atoms with E-state index in [1.54, 1.807) is 0 Å². The fraction of sp³-hybridized carbons (Fsp3) is 0. The van der Waals surface area contributed by atoms with E-state index in [4.69, 9.17) is 0 Å². The first-order chi connectivity index (χ1) is 0. The summed E-state index contributed by atoms with van der Waals surface area (Å²) >= 11 is 0. The summed E-state index contributed by atoms with van der Waals surface area (Å²) < 4.78 is 0. The van der Waals surface area contributed by atoms with E-state index in [2.05, 4.69) is 0 Å². The van der Waals surface area contributed by atoms with Crippen molar-refractivity contribution in [2.24, 2.45) is 0 Å². The van der Waals surface area contributed by atoms with Gasteiger partial charge in [-0.05, 0) is 0 Å². The molecule has 38 valence electrons. The van der Waals surface area contributed by atoms with Crippen LogP contribution < -0.4 is 0 Å². The van der Waals surface area contributed by atoms with E-state index in [0.29, 0.717) is 0 Å². The fourth-order valence-electron chi connectivity index (χ4n) is 0. The molecule has 3 nitrogen and oxygen atoms in total. The van der Waals surface area contributed by atoms with Crippen LogP contribution >= 0.6 is 0 Å². The van der Waals surface area contributed by atoms with Gasteiger partial charge >= 0.3 is 0 Å². The zero-order chi connectivity index (χ0) is 0. The zero-order valence-electron chi connectivity index (χ0n) is 1.85. The summed E-state index contributed by atoms with van der Waals surface area (Å²) in [6.07, 6.45) is 0. The molecule has 6 N–H and O–H groups in total. The first kappa shape index (κ1) is 143. The van der Waals surface area contributed by atoms with Crippen LogP contribution in [0.4, 0.5) is 0 Å². The summed E-state index contributed by atoms with van der Waals surface area (Å²) in [6, 6.07) is 0. The fourth-order valence-corrected chi connectivity index (χ4v) is 0. The van der Waals surface area contributed by atoms with Crippen molar-refractivity contribution in [3.05, 3.63) is 0 Å². The van der Waals surface area contributed by atoms with E-state index in [1.165, 1.54) is 0 Å². The quantitative estimate of drug-likeness (QED) is 0.348. The molecule has 5 heteroatoms.